The summed E-state index contributed by atoms with van der Waals surface area (Å²) in [5, 5.41) is 16.0. The highest BCUT2D eigenvalue weighted by Gasteiger charge is 2.38. The first-order valence-corrected chi connectivity index (χ1v) is 15.6. The lowest BCUT2D eigenvalue weighted by atomic mass is 9.83. The molecule has 45 heavy (non-hydrogen) atoms. The summed E-state index contributed by atoms with van der Waals surface area (Å²) in [5.41, 5.74) is 0.849. The predicted octanol–water partition coefficient (Wildman–Crippen LogP) is 1.69. The van der Waals surface area contributed by atoms with Gasteiger partial charge in [-0.05, 0) is 51.8 Å². The molecule has 2 fully saturated rings. The van der Waals surface area contributed by atoms with Gasteiger partial charge in [-0.1, -0.05) is 19.3 Å². The van der Waals surface area contributed by atoms with Crippen molar-refractivity contribution < 1.29 is 33.8 Å². The third-order valence-electron chi connectivity index (χ3n) is 9.47. The molecule has 2 heterocycles. The first-order chi connectivity index (χ1) is 21.4. The second-order valence-electron chi connectivity index (χ2n) is 12.1. The molecule has 3 unspecified atom stereocenters. The third kappa shape index (κ3) is 6.92. The molecule has 0 radical (unpaired) electrons. The highest BCUT2D eigenvalue weighted by Crippen LogP contribution is 2.32. The molecule has 1 saturated carbocycles. The largest absolute Gasteiger partial charge is 0.497 e. The number of benzene rings is 1. The van der Waals surface area contributed by atoms with Crippen molar-refractivity contribution in [2.24, 2.45) is 13.0 Å². The van der Waals surface area contributed by atoms with Gasteiger partial charge in [0.05, 0.1) is 24.2 Å². The number of aromatic nitrogens is 1. The smallest absolute Gasteiger partial charge is 0.326 e. The van der Waals surface area contributed by atoms with Crippen molar-refractivity contribution in [1.82, 2.24) is 29.9 Å². The van der Waals surface area contributed by atoms with Crippen LogP contribution in [0.25, 0.3) is 10.9 Å². The van der Waals surface area contributed by atoms with Crippen molar-refractivity contribution in [2.45, 2.75) is 64.1 Å². The number of piperazine rings is 1. The van der Waals surface area contributed by atoms with E-state index in [2.05, 4.69) is 10.6 Å². The number of carbonyl (C=O) groups is 5. The number of aliphatic carboxylic acids is 1. The first kappa shape index (κ1) is 33.8. The zero-order valence-electron chi connectivity index (χ0n) is 27.1. The fraction of sp³-hybridized carbons (Fsp3) is 0.594. The number of hydrogen-bond donors (Lipinski definition) is 3. The van der Waals surface area contributed by atoms with Gasteiger partial charge in [-0.3, -0.25) is 19.2 Å². The van der Waals surface area contributed by atoms with Gasteiger partial charge in [0.15, 0.2) is 0 Å². The van der Waals surface area contributed by atoms with Gasteiger partial charge in [0.2, 0.25) is 11.8 Å². The summed E-state index contributed by atoms with van der Waals surface area (Å²) in [6, 6.07) is 2.94. The molecule has 1 aliphatic carbocycles. The number of carbonyl (C=O) groups excluding carboxylic acids is 4. The summed E-state index contributed by atoms with van der Waals surface area (Å²) in [7, 11) is 6.32. The Morgan fingerprint density at radius 1 is 1.00 bits per heavy atom. The van der Waals surface area contributed by atoms with Crippen molar-refractivity contribution in [3.63, 3.8) is 0 Å². The number of nitrogens with zero attached hydrogens (tertiary/aromatic N) is 4. The Labute approximate surface area is 263 Å². The summed E-state index contributed by atoms with van der Waals surface area (Å²) >= 11 is 0. The van der Waals surface area contributed by atoms with Crippen LogP contribution in [0.1, 0.15) is 66.8 Å². The van der Waals surface area contributed by atoms with Crippen LogP contribution in [-0.2, 0) is 21.4 Å². The maximum atomic E-state index is 14.1. The number of aryl methyl sites for hydroxylation is 1. The van der Waals surface area contributed by atoms with E-state index in [-0.39, 0.29) is 61.1 Å². The van der Waals surface area contributed by atoms with Gasteiger partial charge in [0.1, 0.15) is 23.5 Å². The van der Waals surface area contributed by atoms with Gasteiger partial charge in [-0.15, -0.1) is 0 Å². The Kier molecular flexibility index (Phi) is 10.7. The van der Waals surface area contributed by atoms with E-state index in [9.17, 15) is 29.1 Å². The highest BCUT2D eigenvalue weighted by molar-refractivity contribution is 6.16. The van der Waals surface area contributed by atoms with Crippen LogP contribution in [-0.4, -0.2) is 119 Å². The number of carboxylic acid groups (broad SMARTS) is 1. The average molecular weight is 627 g/mol. The number of carboxylic acids is 1. The zero-order valence-corrected chi connectivity index (χ0v) is 27.1. The molecule has 2 aromatic rings. The van der Waals surface area contributed by atoms with Crippen molar-refractivity contribution in [1.29, 1.82) is 0 Å². The van der Waals surface area contributed by atoms with E-state index in [1.165, 1.54) is 21.1 Å². The number of likely N-dealkylation sites (N-methyl/N-ethyl adjacent to an activating group) is 2. The van der Waals surface area contributed by atoms with Crippen LogP contribution in [0.4, 0.5) is 0 Å². The van der Waals surface area contributed by atoms with E-state index in [0.29, 0.717) is 16.7 Å². The fourth-order valence-electron chi connectivity index (χ4n) is 6.26. The molecular formula is C32H46N6O7. The number of methoxy groups -OCH3 is 1. The molecule has 13 nitrogen and oxygen atoms in total. The van der Waals surface area contributed by atoms with Crippen LogP contribution in [0.3, 0.4) is 0 Å². The summed E-state index contributed by atoms with van der Waals surface area (Å²) < 4.78 is 7.01. The molecule has 2 aliphatic rings. The zero-order chi connectivity index (χ0) is 33.0. The SMILES string of the molecule is CNC(C)C(=O)NC(C(=O)N1CCN(C(=O)c2c(C(=O)N(C)C(C)C(=O)O)c3ccc(OC)cc3n2C)CC1)C1CCCCC1. The predicted molar refractivity (Wildman–Crippen MR) is 168 cm³/mol. The minimum atomic E-state index is -1.16. The summed E-state index contributed by atoms with van der Waals surface area (Å²) in [5.74, 6) is -1.89. The molecule has 246 valence electrons. The van der Waals surface area contributed by atoms with Crippen LogP contribution in [0.5, 0.6) is 5.75 Å². The van der Waals surface area contributed by atoms with E-state index < -0.39 is 30.0 Å². The number of amides is 4. The van der Waals surface area contributed by atoms with Gasteiger partial charge < -0.3 is 39.7 Å². The minimum Gasteiger partial charge on any atom is -0.497 e. The average Bonchev–Trinajstić information content (AvgIpc) is 3.36. The molecule has 1 aromatic heterocycles. The van der Waals surface area contributed by atoms with Crippen LogP contribution >= 0.6 is 0 Å². The Bertz CT molecular complexity index is 1440. The number of nitrogens with one attached hydrogen (secondary N) is 2. The number of ether oxygens (including phenoxy) is 1. The minimum absolute atomic E-state index is 0.0606. The fourth-order valence-corrected chi connectivity index (χ4v) is 6.26. The second kappa shape index (κ2) is 14.3. The van der Waals surface area contributed by atoms with Gasteiger partial charge in [0, 0.05) is 51.7 Å². The number of rotatable bonds is 10. The van der Waals surface area contributed by atoms with E-state index in [1.54, 1.807) is 53.6 Å². The molecular weight excluding hydrogens is 580 g/mol. The first-order valence-electron chi connectivity index (χ1n) is 15.6. The Balaban J connectivity index is 1.59. The van der Waals surface area contributed by atoms with Crippen LogP contribution < -0.4 is 15.4 Å². The molecule has 3 atom stereocenters. The topological polar surface area (TPSA) is 154 Å². The Morgan fingerprint density at radius 2 is 1.62 bits per heavy atom. The number of fused-ring (bicyclic) bond motifs is 1. The van der Waals surface area contributed by atoms with E-state index in [1.807, 2.05) is 0 Å². The summed E-state index contributed by atoms with van der Waals surface area (Å²) in [4.78, 5) is 70.7. The molecule has 1 saturated heterocycles. The monoisotopic (exact) mass is 626 g/mol. The third-order valence-corrected chi connectivity index (χ3v) is 9.47. The van der Waals surface area contributed by atoms with Crippen molar-refractivity contribution in [2.75, 3.05) is 47.4 Å². The van der Waals surface area contributed by atoms with Crippen molar-refractivity contribution >= 4 is 40.5 Å². The van der Waals surface area contributed by atoms with E-state index >= 15 is 0 Å². The molecule has 1 aromatic carbocycles. The van der Waals surface area contributed by atoms with Crippen molar-refractivity contribution in [3.05, 3.63) is 29.5 Å². The van der Waals surface area contributed by atoms with E-state index in [4.69, 9.17) is 4.74 Å². The normalized spacial score (nSPS) is 17.8. The molecule has 1 aliphatic heterocycles. The molecule has 0 bridgehead atoms. The van der Waals surface area contributed by atoms with Crippen LogP contribution in [0.15, 0.2) is 18.2 Å². The quantitative estimate of drug-likeness (QED) is 0.360. The molecule has 3 N–H and O–H groups in total. The Hall–Kier alpha value is -4.13. The lowest BCUT2D eigenvalue weighted by molar-refractivity contribution is -0.141. The molecule has 0 spiro atoms. The van der Waals surface area contributed by atoms with Crippen LogP contribution in [0, 0.1) is 5.92 Å². The summed E-state index contributed by atoms with van der Waals surface area (Å²) in [6.07, 6.45) is 4.91. The molecule has 13 heteroatoms. The number of hydrogen-bond acceptors (Lipinski definition) is 7. The molecule has 4 amide bonds. The maximum absolute atomic E-state index is 14.1. The van der Waals surface area contributed by atoms with E-state index in [0.717, 1.165) is 37.0 Å². The standard InChI is InChI=1S/C32H46N6O7/c1-19(33-3)28(39)34-26(21-10-8-7-9-11-21)30(41)37-14-16-38(17-15-37)31(42)27-25(29(40)35(4)20(2)32(43)44)23-13-12-22(45-6)18-24(23)36(27)5/h12-13,18-21,26,33H,7-11,14-17H2,1-6H3,(H,34,39)(H,43,44). The van der Waals surface area contributed by atoms with Gasteiger partial charge >= 0.3 is 5.97 Å². The van der Waals surface area contributed by atoms with Gasteiger partial charge in [-0.2, -0.15) is 0 Å². The summed E-state index contributed by atoms with van der Waals surface area (Å²) in [6.45, 7) is 4.20. The van der Waals surface area contributed by atoms with Crippen molar-refractivity contribution in [3.8, 4) is 5.75 Å². The second-order valence-corrected chi connectivity index (χ2v) is 12.1. The van der Waals surface area contributed by atoms with Gasteiger partial charge in [-0.25, -0.2) is 4.79 Å². The molecule has 4 rings (SSSR count). The lowest BCUT2D eigenvalue weighted by Crippen LogP contribution is -2.59. The lowest BCUT2D eigenvalue weighted by Gasteiger charge is -2.39. The maximum Gasteiger partial charge on any atom is 0.326 e. The van der Waals surface area contributed by atoms with Crippen LogP contribution in [0.2, 0.25) is 0 Å². The van der Waals surface area contributed by atoms with Gasteiger partial charge in [0.25, 0.3) is 11.8 Å². The highest BCUT2D eigenvalue weighted by atomic mass is 16.5. The Morgan fingerprint density at radius 3 is 2.20 bits per heavy atom.